The number of carbonyl (C=O) groups excluding carboxylic acids is 1. The number of aromatic nitrogens is 1. The lowest BCUT2D eigenvalue weighted by Crippen LogP contribution is -2.45. The van der Waals surface area contributed by atoms with E-state index >= 15 is 0 Å². The van der Waals surface area contributed by atoms with Crippen molar-refractivity contribution in [3.8, 4) is 11.5 Å². The number of aliphatic hydroxyl groups excluding tert-OH is 1. The molecule has 2 atom stereocenters. The van der Waals surface area contributed by atoms with E-state index in [1.54, 1.807) is 22.3 Å². The first kappa shape index (κ1) is 14.3. The van der Waals surface area contributed by atoms with E-state index in [0.717, 1.165) is 17.1 Å². The van der Waals surface area contributed by atoms with Crippen LogP contribution < -0.4 is 0 Å². The fourth-order valence-electron chi connectivity index (χ4n) is 2.48. The number of nitrogens with zero attached hydrogens (tertiary/aromatic N) is 2. The third-order valence-electron chi connectivity index (χ3n) is 3.92. The van der Waals surface area contributed by atoms with Crippen LogP contribution in [-0.4, -0.2) is 40.1 Å². The molecule has 5 nitrogen and oxygen atoms in total. The molecular weight excluding hydrogens is 288 g/mol. The van der Waals surface area contributed by atoms with E-state index in [1.165, 1.54) is 6.26 Å². The molecule has 3 heterocycles. The molecule has 1 saturated heterocycles. The molecule has 0 saturated carbocycles. The Morgan fingerprint density at radius 2 is 2.38 bits per heavy atom. The van der Waals surface area contributed by atoms with Crippen LogP contribution in [0.25, 0.3) is 11.5 Å². The summed E-state index contributed by atoms with van der Waals surface area (Å²) in [5, 5.41) is 12.8. The predicted octanol–water partition coefficient (Wildman–Crippen LogP) is 2.55. The van der Waals surface area contributed by atoms with Crippen LogP contribution in [0.15, 0.2) is 22.1 Å². The molecular formula is C15H18N2O3S. The Morgan fingerprint density at radius 1 is 1.57 bits per heavy atom. The van der Waals surface area contributed by atoms with Gasteiger partial charge in [-0.05, 0) is 25.3 Å². The number of hydrogen-bond donors (Lipinski definition) is 1. The zero-order valence-corrected chi connectivity index (χ0v) is 12.9. The second-order valence-corrected chi connectivity index (χ2v) is 6.60. The molecule has 2 aromatic heterocycles. The SMILES string of the molecule is Cc1nc(-c2cc(C(=O)N3CCC(C)C(O)C3)co2)cs1. The van der Waals surface area contributed by atoms with Gasteiger partial charge in [-0.1, -0.05) is 6.92 Å². The molecule has 1 aliphatic heterocycles. The van der Waals surface area contributed by atoms with Gasteiger partial charge < -0.3 is 14.4 Å². The lowest BCUT2D eigenvalue weighted by atomic mass is 9.96. The Hall–Kier alpha value is -1.66. The van der Waals surface area contributed by atoms with Gasteiger partial charge in [0.05, 0.1) is 16.7 Å². The lowest BCUT2D eigenvalue weighted by molar-refractivity contribution is 0.0248. The Labute approximate surface area is 127 Å². The van der Waals surface area contributed by atoms with Crippen LogP contribution in [0.5, 0.6) is 0 Å². The summed E-state index contributed by atoms with van der Waals surface area (Å²) < 4.78 is 5.46. The van der Waals surface area contributed by atoms with Crippen LogP contribution in [0.3, 0.4) is 0 Å². The summed E-state index contributed by atoms with van der Waals surface area (Å²) in [5.74, 6) is 0.753. The first-order chi connectivity index (χ1) is 10.0. The maximum absolute atomic E-state index is 12.4. The summed E-state index contributed by atoms with van der Waals surface area (Å²) >= 11 is 1.55. The zero-order chi connectivity index (χ0) is 15.0. The minimum Gasteiger partial charge on any atom is -0.462 e. The van der Waals surface area contributed by atoms with E-state index in [9.17, 15) is 9.90 Å². The maximum atomic E-state index is 12.4. The molecule has 0 spiro atoms. The van der Waals surface area contributed by atoms with E-state index in [2.05, 4.69) is 4.98 Å². The normalized spacial score (nSPS) is 22.5. The number of aryl methyl sites for hydroxylation is 1. The molecule has 0 aliphatic carbocycles. The quantitative estimate of drug-likeness (QED) is 0.926. The fraction of sp³-hybridized carbons (Fsp3) is 0.467. The molecule has 0 bridgehead atoms. The summed E-state index contributed by atoms with van der Waals surface area (Å²) in [6.07, 6.45) is 1.84. The molecule has 1 fully saturated rings. The van der Waals surface area contributed by atoms with Crippen molar-refractivity contribution >= 4 is 17.2 Å². The Kier molecular flexibility index (Phi) is 3.82. The van der Waals surface area contributed by atoms with Gasteiger partial charge >= 0.3 is 0 Å². The van der Waals surface area contributed by atoms with Crippen LogP contribution in [0.1, 0.15) is 28.7 Å². The third-order valence-corrected chi connectivity index (χ3v) is 4.70. The van der Waals surface area contributed by atoms with Crippen LogP contribution in [0.2, 0.25) is 0 Å². The van der Waals surface area contributed by atoms with Crippen molar-refractivity contribution in [1.82, 2.24) is 9.88 Å². The van der Waals surface area contributed by atoms with Crippen LogP contribution in [0.4, 0.5) is 0 Å². The summed E-state index contributed by atoms with van der Waals surface area (Å²) in [4.78, 5) is 18.5. The molecule has 0 aromatic carbocycles. The molecule has 1 amide bonds. The average molecular weight is 306 g/mol. The van der Waals surface area contributed by atoms with Gasteiger partial charge in [0, 0.05) is 18.5 Å². The highest BCUT2D eigenvalue weighted by atomic mass is 32.1. The van der Waals surface area contributed by atoms with Crippen LogP contribution in [0, 0.1) is 12.8 Å². The number of hydrogen-bond acceptors (Lipinski definition) is 5. The molecule has 0 radical (unpaired) electrons. The van der Waals surface area contributed by atoms with E-state index in [-0.39, 0.29) is 11.8 Å². The predicted molar refractivity (Wildman–Crippen MR) is 80.2 cm³/mol. The number of amides is 1. The molecule has 2 unspecified atom stereocenters. The van der Waals surface area contributed by atoms with Gasteiger partial charge in [0.2, 0.25) is 0 Å². The van der Waals surface area contributed by atoms with Gasteiger partial charge in [0.25, 0.3) is 5.91 Å². The van der Waals surface area contributed by atoms with E-state index in [1.807, 2.05) is 19.2 Å². The van der Waals surface area contributed by atoms with Gasteiger partial charge in [-0.3, -0.25) is 4.79 Å². The Bertz CT molecular complexity index is 649. The number of piperidine rings is 1. The summed E-state index contributed by atoms with van der Waals surface area (Å²) in [5.41, 5.74) is 1.27. The van der Waals surface area contributed by atoms with Gasteiger partial charge in [0.15, 0.2) is 5.76 Å². The highest BCUT2D eigenvalue weighted by Crippen LogP contribution is 2.25. The summed E-state index contributed by atoms with van der Waals surface area (Å²) in [6, 6.07) is 1.72. The second-order valence-electron chi connectivity index (χ2n) is 5.54. The first-order valence-electron chi connectivity index (χ1n) is 7.03. The third kappa shape index (κ3) is 2.87. The fourth-order valence-corrected chi connectivity index (χ4v) is 3.08. The van der Waals surface area contributed by atoms with Crippen molar-refractivity contribution in [2.45, 2.75) is 26.4 Å². The number of likely N-dealkylation sites (tertiary alicyclic amines) is 1. The number of furan rings is 1. The van der Waals surface area contributed by atoms with E-state index in [4.69, 9.17) is 4.42 Å². The monoisotopic (exact) mass is 306 g/mol. The Balaban J connectivity index is 1.75. The van der Waals surface area contributed by atoms with Gasteiger partial charge in [-0.15, -0.1) is 11.3 Å². The largest absolute Gasteiger partial charge is 0.462 e. The minimum absolute atomic E-state index is 0.0945. The average Bonchev–Trinajstić information content (AvgIpc) is 3.09. The van der Waals surface area contributed by atoms with E-state index in [0.29, 0.717) is 24.4 Å². The number of carbonyl (C=O) groups is 1. The van der Waals surface area contributed by atoms with E-state index < -0.39 is 6.10 Å². The first-order valence-corrected chi connectivity index (χ1v) is 7.91. The van der Waals surface area contributed by atoms with Gasteiger partial charge in [-0.2, -0.15) is 0 Å². The zero-order valence-electron chi connectivity index (χ0n) is 12.1. The molecule has 1 aliphatic rings. The van der Waals surface area contributed by atoms with Crippen molar-refractivity contribution in [1.29, 1.82) is 0 Å². The highest BCUT2D eigenvalue weighted by Gasteiger charge is 2.28. The molecule has 3 rings (SSSR count). The molecule has 21 heavy (non-hydrogen) atoms. The molecule has 6 heteroatoms. The number of thiazole rings is 1. The summed E-state index contributed by atoms with van der Waals surface area (Å²) in [7, 11) is 0. The van der Waals surface area contributed by atoms with Crippen molar-refractivity contribution < 1.29 is 14.3 Å². The number of β-amino-alcohol motifs (C(OH)–C–C–N with tert-alkyl or cyclic N) is 1. The smallest absolute Gasteiger partial charge is 0.257 e. The topological polar surface area (TPSA) is 66.6 Å². The van der Waals surface area contributed by atoms with Crippen LogP contribution in [-0.2, 0) is 0 Å². The lowest BCUT2D eigenvalue weighted by Gasteiger charge is -2.34. The standard InChI is InChI=1S/C15H18N2O3S/c1-9-3-4-17(6-13(9)18)15(19)11-5-14(20-7-11)12-8-21-10(2)16-12/h5,7-9,13,18H,3-4,6H2,1-2H3. The molecule has 1 N–H and O–H groups in total. The van der Waals surface area contributed by atoms with Gasteiger partial charge in [0.1, 0.15) is 12.0 Å². The van der Waals surface area contributed by atoms with Crippen molar-refractivity contribution in [3.05, 3.63) is 28.3 Å². The molecule has 112 valence electrons. The van der Waals surface area contributed by atoms with Crippen molar-refractivity contribution in [2.24, 2.45) is 5.92 Å². The molecule has 2 aromatic rings. The summed E-state index contributed by atoms with van der Waals surface area (Å²) in [6.45, 7) is 5.00. The number of rotatable bonds is 2. The number of aliphatic hydroxyl groups is 1. The van der Waals surface area contributed by atoms with Crippen LogP contribution >= 0.6 is 11.3 Å². The minimum atomic E-state index is -0.449. The highest BCUT2D eigenvalue weighted by molar-refractivity contribution is 7.09. The Morgan fingerprint density at radius 3 is 3.05 bits per heavy atom. The maximum Gasteiger partial charge on any atom is 0.257 e. The van der Waals surface area contributed by atoms with Crippen molar-refractivity contribution in [2.75, 3.05) is 13.1 Å². The van der Waals surface area contributed by atoms with Gasteiger partial charge in [-0.25, -0.2) is 4.98 Å². The second kappa shape index (κ2) is 5.61. The van der Waals surface area contributed by atoms with Crippen molar-refractivity contribution in [3.63, 3.8) is 0 Å².